The summed E-state index contributed by atoms with van der Waals surface area (Å²) >= 11 is 0. The van der Waals surface area contributed by atoms with Crippen molar-refractivity contribution >= 4 is 5.91 Å². The number of amides is 1. The summed E-state index contributed by atoms with van der Waals surface area (Å²) in [5.41, 5.74) is 6.88. The fourth-order valence-corrected chi connectivity index (χ4v) is 6.79. The van der Waals surface area contributed by atoms with E-state index < -0.39 is 5.60 Å². The van der Waals surface area contributed by atoms with E-state index in [1.165, 1.54) is 0 Å². The van der Waals surface area contributed by atoms with Crippen LogP contribution >= 0.6 is 0 Å². The highest BCUT2D eigenvalue weighted by Gasteiger charge is 2.55. The van der Waals surface area contributed by atoms with Crippen molar-refractivity contribution in [1.29, 1.82) is 0 Å². The molecule has 1 aliphatic heterocycles. The van der Waals surface area contributed by atoms with E-state index in [-0.39, 0.29) is 11.8 Å². The molecule has 6 heteroatoms. The molecule has 0 radical (unpaired) electrons. The van der Waals surface area contributed by atoms with Crippen LogP contribution < -0.4 is 10.5 Å². The number of carbonyl (C=O) groups is 1. The van der Waals surface area contributed by atoms with Gasteiger partial charge in [0.15, 0.2) is 0 Å². The topological polar surface area (TPSA) is 85.0 Å². The first kappa shape index (κ1) is 19.3. The molecular formula is C23H32N2O4. The SMILES string of the molecule is NC(=O)c1cccc(OCCN2CCOCC2)c1C1C2CC3CC1CC(O)(C3)C2. The Kier molecular flexibility index (Phi) is 5.04. The monoisotopic (exact) mass is 400 g/mol. The number of nitrogens with zero attached hydrogens (tertiary/aromatic N) is 1. The van der Waals surface area contributed by atoms with Crippen LogP contribution in [0.2, 0.25) is 0 Å². The molecule has 6 rings (SSSR count). The van der Waals surface area contributed by atoms with Gasteiger partial charge in [-0.3, -0.25) is 9.69 Å². The van der Waals surface area contributed by atoms with Gasteiger partial charge in [-0.05, 0) is 67.9 Å². The normalized spacial score (nSPS) is 36.3. The van der Waals surface area contributed by atoms with Gasteiger partial charge in [-0.1, -0.05) is 6.07 Å². The molecule has 3 N–H and O–H groups in total. The number of primary amides is 1. The number of rotatable bonds is 6. The van der Waals surface area contributed by atoms with E-state index in [4.69, 9.17) is 15.2 Å². The zero-order chi connectivity index (χ0) is 20.0. The Bertz CT molecular complexity index is 760. The summed E-state index contributed by atoms with van der Waals surface area (Å²) in [4.78, 5) is 14.6. The summed E-state index contributed by atoms with van der Waals surface area (Å²) in [5.74, 6) is 2.13. The van der Waals surface area contributed by atoms with Gasteiger partial charge in [0.2, 0.25) is 5.91 Å². The first-order valence-electron chi connectivity index (χ1n) is 11.1. The number of hydrogen-bond donors (Lipinski definition) is 2. The summed E-state index contributed by atoms with van der Waals surface area (Å²) in [7, 11) is 0. The lowest BCUT2D eigenvalue weighted by atomic mass is 9.49. The minimum atomic E-state index is -0.494. The summed E-state index contributed by atoms with van der Waals surface area (Å²) in [6.45, 7) is 4.86. The highest BCUT2D eigenvalue weighted by molar-refractivity contribution is 5.95. The van der Waals surface area contributed by atoms with Gasteiger partial charge in [0.05, 0.1) is 18.8 Å². The molecule has 1 aromatic carbocycles. The predicted octanol–water partition coefficient (Wildman–Crippen LogP) is 2.15. The largest absolute Gasteiger partial charge is 0.492 e. The third kappa shape index (κ3) is 3.66. The Labute approximate surface area is 172 Å². The summed E-state index contributed by atoms with van der Waals surface area (Å²) in [5, 5.41) is 11.0. The Morgan fingerprint density at radius 3 is 2.59 bits per heavy atom. The number of ether oxygens (including phenoxy) is 2. The molecule has 158 valence electrons. The number of hydrogen-bond acceptors (Lipinski definition) is 5. The molecule has 4 bridgehead atoms. The Hall–Kier alpha value is -1.63. The number of morpholine rings is 1. The van der Waals surface area contributed by atoms with E-state index in [1.807, 2.05) is 18.2 Å². The molecule has 4 saturated carbocycles. The number of carbonyl (C=O) groups excluding carboxylic acids is 1. The standard InChI is InChI=1S/C23H32N2O4/c24-22(26)18-2-1-3-19(29-9-6-25-4-7-28-8-5-25)21(18)20-16-10-15-11-17(20)14-23(27,12-15)13-16/h1-3,15-17,20,27H,4-14H2,(H2,24,26). The van der Waals surface area contributed by atoms with Crippen LogP contribution in [0.4, 0.5) is 0 Å². The number of nitrogens with two attached hydrogens (primary N) is 1. The molecule has 1 amide bonds. The highest BCUT2D eigenvalue weighted by Crippen LogP contribution is 2.62. The Balaban J connectivity index is 1.40. The average Bonchev–Trinajstić information content (AvgIpc) is 2.68. The molecule has 2 unspecified atom stereocenters. The minimum Gasteiger partial charge on any atom is -0.492 e. The minimum absolute atomic E-state index is 0.258. The molecule has 5 aliphatic rings. The molecule has 1 heterocycles. The van der Waals surface area contributed by atoms with E-state index in [0.717, 1.165) is 76.3 Å². The fraction of sp³-hybridized carbons (Fsp3) is 0.696. The molecule has 2 atom stereocenters. The van der Waals surface area contributed by atoms with Gasteiger partial charge >= 0.3 is 0 Å². The molecule has 29 heavy (non-hydrogen) atoms. The quantitative estimate of drug-likeness (QED) is 0.764. The molecule has 1 aromatic rings. The molecule has 5 fully saturated rings. The van der Waals surface area contributed by atoms with Crippen LogP contribution in [0, 0.1) is 17.8 Å². The van der Waals surface area contributed by atoms with E-state index in [9.17, 15) is 9.90 Å². The van der Waals surface area contributed by atoms with Crippen LogP contribution in [-0.2, 0) is 4.74 Å². The zero-order valence-electron chi connectivity index (χ0n) is 17.0. The second-order valence-corrected chi connectivity index (χ2v) is 9.60. The molecule has 1 saturated heterocycles. The van der Waals surface area contributed by atoms with Crippen molar-refractivity contribution in [3.05, 3.63) is 29.3 Å². The van der Waals surface area contributed by atoms with Gasteiger partial charge in [-0.2, -0.15) is 0 Å². The summed E-state index contributed by atoms with van der Waals surface area (Å²) in [6.07, 6.45) is 4.91. The second-order valence-electron chi connectivity index (χ2n) is 9.60. The van der Waals surface area contributed by atoms with Crippen LogP contribution in [0.1, 0.15) is 53.9 Å². The van der Waals surface area contributed by atoms with Crippen molar-refractivity contribution in [2.45, 2.75) is 43.6 Å². The maximum absolute atomic E-state index is 12.3. The van der Waals surface area contributed by atoms with Gasteiger partial charge in [0.25, 0.3) is 0 Å². The average molecular weight is 401 g/mol. The lowest BCUT2D eigenvalue weighted by Gasteiger charge is -2.58. The lowest BCUT2D eigenvalue weighted by molar-refractivity contribution is -0.135. The maximum Gasteiger partial charge on any atom is 0.249 e. The Morgan fingerprint density at radius 2 is 1.93 bits per heavy atom. The van der Waals surface area contributed by atoms with E-state index in [2.05, 4.69) is 4.90 Å². The molecular weight excluding hydrogens is 368 g/mol. The fourth-order valence-electron chi connectivity index (χ4n) is 6.79. The third-order valence-corrected chi connectivity index (χ3v) is 7.67. The molecule has 4 aliphatic carbocycles. The van der Waals surface area contributed by atoms with Crippen LogP contribution in [-0.4, -0.2) is 61.0 Å². The van der Waals surface area contributed by atoms with Crippen LogP contribution in [0.3, 0.4) is 0 Å². The van der Waals surface area contributed by atoms with Crippen LogP contribution in [0.25, 0.3) is 0 Å². The van der Waals surface area contributed by atoms with Gasteiger partial charge in [-0.25, -0.2) is 0 Å². The smallest absolute Gasteiger partial charge is 0.249 e. The van der Waals surface area contributed by atoms with E-state index >= 15 is 0 Å². The highest BCUT2D eigenvalue weighted by atomic mass is 16.5. The second kappa shape index (κ2) is 7.56. The van der Waals surface area contributed by atoms with Gasteiger partial charge in [0, 0.05) is 30.8 Å². The number of aliphatic hydroxyl groups is 1. The molecule has 6 nitrogen and oxygen atoms in total. The Morgan fingerprint density at radius 1 is 1.21 bits per heavy atom. The lowest BCUT2D eigenvalue weighted by Crippen LogP contribution is -2.54. The van der Waals surface area contributed by atoms with Gasteiger partial charge in [0.1, 0.15) is 12.4 Å². The van der Waals surface area contributed by atoms with Crippen molar-refractivity contribution in [2.24, 2.45) is 23.5 Å². The van der Waals surface area contributed by atoms with Crippen LogP contribution in [0.5, 0.6) is 5.75 Å². The van der Waals surface area contributed by atoms with E-state index in [0.29, 0.717) is 29.9 Å². The van der Waals surface area contributed by atoms with Crippen LogP contribution in [0.15, 0.2) is 18.2 Å². The third-order valence-electron chi connectivity index (χ3n) is 7.67. The molecule has 0 spiro atoms. The first-order chi connectivity index (χ1) is 14.0. The van der Waals surface area contributed by atoms with Gasteiger partial charge in [-0.15, -0.1) is 0 Å². The van der Waals surface area contributed by atoms with Crippen molar-refractivity contribution in [3.8, 4) is 5.75 Å². The number of benzene rings is 1. The maximum atomic E-state index is 12.3. The van der Waals surface area contributed by atoms with Gasteiger partial charge < -0.3 is 20.3 Å². The first-order valence-corrected chi connectivity index (χ1v) is 11.1. The molecule has 0 aromatic heterocycles. The van der Waals surface area contributed by atoms with Crippen molar-refractivity contribution in [2.75, 3.05) is 39.5 Å². The van der Waals surface area contributed by atoms with Crippen molar-refractivity contribution < 1.29 is 19.4 Å². The zero-order valence-corrected chi connectivity index (χ0v) is 17.0. The summed E-state index contributed by atoms with van der Waals surface area (Å²) in [6, 6.07) is 5.70. The summed E-state index contributed by atoms with van der Waals surface area (Å²) < 4.78 is 11.7. The van der Waals surface area contributed by atoms with Crippen molar-refractivity contribution in [3.63, 3.8) is 0 Å². The predicted molar refractivity (Wildman–Crippen MR) is 109 cm³/mol. The van der Waals surface area contributed by atoms with E-state index in [1.54, 1.807) is 0 Å². The van der Waals surface area contributed by atoms with Crippen molar-refractivity contribution in [1.82, 2.24) is 4.90 Å².